The Morgan fingerprint density at radius 3 is 2.54 bits per heavy atom. The molecule has 1 heterocycles. The highest BCUT2D eigenvalue weighted by Gasteiger charge is 2.17. The van der Waals surface area contributed by atoms with Crippen molar-refractivity contribution >= 4 is 11.3 Å². The Balaban J connectivity index is 2.88. The Morgan fingerprint density at radius 2 is 2.15 bits per heavy atom. The van der Waals surface area contributed by atoms with Crippen molar-refractivity contribution in [3.63, 3.8) is 0 Å². The number of rotatable bonds is 3. The van der Waals surface area contributed by atoms with E-state index < -0.39 is 23.1 Å². The van der Waals surface area contributed by atoms with Crippen LogP contribution in [0.25, 0.3) is 0 Å². The molecule has 6 nitrogen and oxygen atoms in total. The van der Waals surface area contributed by atoms with Crippen molar-refractivity contribution < 1.29 is 17.6 Å². The molecule has 1 aromatic heterocycles. The smallest absolute Gasteiger partial charge is 0.396 e. The molecular formula is C6H9NO5S. The third-order valence-corrected chi connectivity index (χ3v) is 2.00. The zero-order valence-corrected chi connectivity index (χ0v) is 7.88. The van der Waals surface area contributed by atoms with Gasteiger partial charge in [-0.25, -0.2) is 13.7 Å². The molecule has 0 radical (unpaired) electrons. The molecule has 7 heteroatoms. The maximum atomic E-state index is 10.6. The van der Waals surface area contributed by atoms with Gasteiger partial charge in [-0.05, 0) is 13.8 Å². The SMILES string of the molecule is Cc1oc(=O)oc1C(C)NS(=O)O. The van der Waals surface area contributed by atoms with Crippen LogP contribution in [0.1, 0.15) is 24.5 Å². The van der Waals surface area contributed by atoms with E-state index in [0.717, 1.165) is 0 Å². The summed E-state index contributed by atoms with van der Waals surface area (Å²) in [5.74, 6) is -0.285. The average molecular weight is 207 g/mol. The Kier molecular flexibility index (Phi) is 3.02. The molecule has 74 valence electrons. The lowest BCUT2D eigenvalue weighted by Crippen LogP contribution is -2.20. The van der Waals surface area contributed by atoms with Gasteiger partial charge in [-0.15, -0.1) is 0 Å². The van der Waals surface area contributed by atoms with E-state index in [4.69, 9.17) is 4.55 Å². The van der Waals surface area contributed by atoms with Crippen molar-refractivity contribution in [2.75, 3.05) is 0 Å². The van der Waals surface area contributed by atoms with Gasteiger partial charge in [0.2, 0.25) is 11.3 Å². The van der Waals surface area contributed by atoms with Crippen molar-refractivity contribution in [1.29, 1.82) is 0 Å². The highest BCUT2D eigenvalue weighted by Crippen LogP contribution is 2.15. The molecule has 1 aromatic rings. The van der Waals surface area contributed by atoms with Crippen LogP contribution in [0.15, 0.2) is 13.6 Å². The molecule has 0 fully saturated rings. The highest BCUT2D eigenvalue weighted by atomic mass is 32.2. The first-order chi connectivity index (χ1) is 6.00. The minimum Gasteiger partial charge on any atom is -0.396 e. The summed E-state index contributed by atoms with van der Waals surface area (Å²) < 4.78 is 30.3. The Bertz CT molecular complexity index is 367. The van der Waals surface area contributed by atoms with E-state index >= 15 is 0 Å². The van der Waals surface area contributed by atoms with E-state index in [-0.39, 0.29) is 5.76 Å². The molecule has 0 aromatic carbocycles. The van der Waals surface area contributed by atoms with E-state index in [2.05, 4.69) is 13.6 Å². The maximum absolute atomic E-state index is 10.6. The second-order valence-corrected chi connectivity index (χ2v) is 3.20. The quantitative estimate of drug-likeness (QED) is 0.696. The Hall–Kier alpha value is -0.920. The van der Waals surface area contributed by atoms with Crippen molar-refractivity contribution in [3.8, 4) is 0 Å². The lowest BCUT2D eigenvalue weighted by Gasteiger charge is -2.05. The molecule has 0 aliphatic rings. The predicted molar refractivity (Wildman–Crippen MR) is 44.3 cm³/mol. The van der Waals surface area contributed by atoms with Gasteiger partial charge in [0.15, 0.2) is 5.76 Å². The largest absolute Gasteiger partial charge is 0.519 e. The third-order valence-electron chi connectivity index (χ3n) is 1.45. The topological polar surface area (TPSA) is 92.7 Å². The molecule has 0 spiro atoms. The van der Waals surface area contributed by atoms with Crippen molar-refractivity contribution in [1.82, 2.24) is 4.72 Å². The molecule has 0 saturated heterocycles. The zero-order valence-electron chi connectivity index (χ0n) is 7.07. The van der Waals surface area contributed by atoms with Gasteiger partial charge >= 0.3 is 5.82 Å². The van der Waals surface area contributed by atoms with Crippen LogP contribution in [-0.2, 0) is 11.3 Å². The van der Waals surface area contributed by atoms with Gasteiger partial charge in [-0.2, -0.15) is 0 Å². The van der Waals surface area contributed by atoms with E-state index in [1.165, 1.54) is 0 Å². The maximum Gasteiger partial charge on any atom is 0.519 e. The molecular weight excluding hydrogens is 198 g/mol. The zero-order chi connectivity index (χ0) is 10.0. The monoisotopic (exact) mass is 207 g/mol. The van der Waals surface area contributed by atoms with Crippen LogP contribution in [0.2, 0.25) is 0 Å². The minimum atomic E-state index is -2.15. The summed E-state index contributed by atoms with van der Waals surface area (Å²) in [6.07, 6.45) is 0. The second kappa shape index (κ2) is 3.86. The summed E-state index contributed by atoms with van der Waals surface area (Å²) in [6.45, 7) is 3.12. The van der Waals surface area contributed by atoms with Crippen LogP contribution in [0.4, 0.5) is 0 Å². The average Bonchev–Trinajstić information content (AvgIpc) is 2.28. The van der Waals surface area contributed by atoms with Gasteiger partial charge in [0.25, 0.3) is 0 Å². The molecule has 0 aliphatic heterocycles. The summed E-state index contributed by atoms with van der Waals surface area (Å²) in [7, 11) is 0. The van der Waals surface area contributed by atoms with Gasteiger partial charge in [0.1, 0.15) is 5.76 Å². The molecule has 2 N–H and O–H groups in total. The fourth-order valence-corrected chi connectivity index (χ4v) is 1.37. The van der Waals surface area contributed by atoms with Crippen LogP contribution in [0.5, 0.6) is 0 Å². The van der Waals surface area contributed by atoms with Crippen LogP contribution < -0.4 is 10.5 Å². The summed E-state index contributed by atoms with van der Waals surface area (Å²) in [4.78, 5) is 10.6. The van der Waals surface area contributed by atoms with Crippen LogP contribution in [0, 0.1) is 6.92 Å². The molecule has 1 rings (SSSR count). The predicted octanol–water partition coefficient (Wildman–Crippen LogP) is 0.329. The fraction of sp³-hybridized carbons (Fsp3) is 0.500. The van der Waals surface area contributed by atoms with Crippen LogP contribution in [-0.4, -0.2) is 8.76 Å². The Labute approximate surface area is 76.3 Å². The first kappa shape index (κ1) is 10.2. The molecule has 0 saturated carbocycles. The number of hydrogen-bond acceptors (Lipinski definition) is 4. The number of aryl methyl sites for hydroxylation is 1. The van der Waals surface area contributed by atoms with Crippen LogP contribution >= 0.6 is 0 Å². The van der Waals surface area contributed by atoms with Gasteiger partial charge in [-0.3, -0.25) is 4.55 Å². The first-order valence-corrected chi connectivity index (χ1v) is 4.59. The lowest BCUT2D eigenvalue weighted by atomic mass is 10.2. The van der Waals surface area contributed by atoms with E-state index in [1.807, 2.05) is 0 Å². The molecule has 0 aliphatic carbocycles. The molecule has 13 heavy (non-hydrogen) atoms. The minimum absolute atomic E-state index is 0.229. The van der Waals surface area contributed by atoms with Crippen molar-refractivity contribution in [2.24, 2.45) is 0 Å². The van der Waals surface area contributed by atoms with E-state index in [9.17, 15) is 9.00 Å². The van der Waals surface area contributed by atoms with Gasteiger partial charge in [0, 0.05) is 0 Å². The molecule has 0 bridgehead atoms. The molecule has 2 atom stereocenters. The van der Waals surface area contributed by atoms with E-state index in [0.29, 0.717) is 5.76 Å². The molecule has 2 unspecified atom stereocenters. The lowest BCUT2D eigenvalue weighted by molar-refractivity contribution is 0.360. The van der Waals surface area contributed by atoms with Crippen molar-refractivity contribution in [2.45, 2.75) is 19.9 Å². The highest BCUT2D eigenvalue weighted by molar-refractivity contribution is 7.77. The number of hydrogen-bond donors (Lipinski definition) is 2. The third kappa shape index (κ3) is 2.51. The van der Waals surface area contributed by atoms with Crippen LogP contribution in [0.3, 0.4) is 0 Å². The van der Waals surface area contributed by atoms with Crippen molar-refractivity contribution in [3.05, 3.63) is 22.1 Å². The van der Waals surface area contributed by atoms with Gasteiger partial charge in [0.05, 0.1) is 6.04 Å². The summed E-state index contributed by atoms with van der Waals surface area (Å²) in [5, 5.41) is 0. The summed E-state index contributed by atoms with van der Waals surface area (Å²) in [5.41, 5.74) is 0. The first-order valence-electron chi connectivity index (χ1n) is 3.48. The van der Waals surface area contributed by atoms with Gasteiger partial charge < -0.3 is 8.83 Å². The second-order valence-electron chi connectivity index (χ2n) is 2.46. The fourth-order valence-electron chi connectivity index (χ4n) is 0.956. The summed E-state index contributed by atoms with van der Waals surface area (Å²) >= 11 is -2.15. The standard InChI is InChI=1S/C6H9NO5S/c1-3(7-13(9)10)5-4(2)11-6(8)12-5/h3,7H,1-2H3,(H,9,10). The number of nitrogens with one attached hydrogen (secondary N) is 1. The summed E-state index contributed by atoms with van der Waals surface area (Å²) in [6, 6.07) is -0.544. The molecule has 0 amide bonds. The van der Waals surface area contributed by atoms with Gasteiger partial charge in [-0.1, -0.05) is 0 Å². The van der Waals surface area contributed by atoms with E-state index in [1.54, 1.807) is 13.8 Å². The normalized spacial score (nSPS) is 15.6. The Morgan fingerprint density at radius 1 is 1.54 bits per heavy atom.